The highest BCUT2D eigenvalue weighted by molar-refractivity contribution is 14.1. The van der Waals surface area contributed by atoms with Crippen molar-refractivity contribution in [2.24, 2.45) is 0 Å². The molecule has 0 spiro atoms. The molecule has 1 rings (SSSR count). The molecule has 15 heavy (non-hydrogen) atoms. The van der Waals surface area contributed by atoms with Crippen LogP contribution in [0.3, 0.4) is 0 Å². The summed E-state index contributed by atoms with van der Waals surface area (Å²) in [7, 11) is 0. The number of aromatic carboxylic acids is 2. The molecule has 0 aliphatic carbocycles. The van der Waals surface area contributed by atoms with Crippen LogP contribution in [0.25, 0.3) is 0 Å². The second-order valence-electron chi connectivity index (χ2n) is 2.62. The fraction of sp³-hybridized carbons (Fsp3) is 0. The summed E-state index contributed by atoms with van der Waals surface area (Å²) in [6, 6.07) is 1.25. The van der Waals surface area contributed by atoms with E-state index >= 15 is 0 Å². The lowest BCUT2D eigenvalue weighted by atomic mass is 10.1. The molecule has 0 aromatic heterocycles. The Bertz CT molecular complexity index is 458. The van der Waals surface area contributed by atoms with Gasteiger partial charge in [-0.3, -0.25) is 0 Å². The molecule has 0 amide bonds. The number of benzene rings is 1. The van der Waals surface area contributed by atoms with E-state index in [1.54, 1.807) is 45.2 Å². The van der Waals surface area contributed by atoms with Crippen LogP contribution in [-0.4, -0.2) is 22.2 Å². The van der Waals surface area contributed by atoms with Crippen LogP contribution in [0.5, 0.6) is 0 Å². The molecule has 1 aromatic carbocycles. The molecule has 7 heteroatoms. The average molecular weight is 433 g/mol. The first kappa shape index (κ1) is 12.5. The van der Waals surface area contributed by atoms with Gasteiger partial charge in [0.25, 0.3) is 0 Å². The second kappa shape index (κ2) is 4.51. The first-order chi connectivity index (χ1) is 6.86. The second-order valence-corrected chi connectivity index (χ2v) is 4.86. The fourth-order valence-electron chi connectivity index (χ4n) is 1.01. The van der Waals surface area contributed by atoms with Crippen LogP contribution in [0.15, 0.2) is 6.07 Å². The number of carbonyl (C=O) groups is 2. The first-order valence-electron chi connectivity index (χ1n) is 3.60. The van der Waals surface area contributed by atoms with Gasteiger partial charge >= 0.3 is 11.9 Å². The van der Waals surface area contributed by atoms with Gasteiger partial charge in [-0.15, -0.1) is 0 Å². The third kappa shape index (κ3) is 2.33. The van der Waals surface area contributed by atoms with E-state index < -0.39 is 11.9 Å². The molecular formula is C8H5I2NO4. The highest BCUT2D eigenvalue weighted by atomic mass is 127. The molecule has 0 aliphatic rings. The Morgan fingerprint density at radius 1 is 1.20 bits per heavy atom. The summed E-state index contributed by atoms with van der Waals surface area (Å²) >= 11 is 3.50. The van der Waals surface area contributed by atoms with Gasteiger partial charge in [-0.2, -0.15) is 0 Å². The maximum atomic E-state index is 10.9. The molecule has 0 atom stereocenters. The van der Waals surface area contributed by atoms with Crippen LogP contribution in [0.4, 0.5) is 5.69 Å². The van der Waals surface area contributed by atoms with Crippen molar-refractivity contribution in [2.45, 2.75) is 0 Å². The van der Waals surface area contributed by atoms with Gasteiger partial charge in [0.05, 0.1) is 20.4 Å². The van der Waals surface area contributed by atoms with Crippen LogP contribution >= 0.6 is 45.2 Å². The molecule has 80 valence electrons. The Balaban J connectivity index is 3.58. The number of carboxylic acids is 2. The topological polar surface area (TPSA) is 101 Å². The standard InChI is InChI=1S/C8H5I2NO4/c9-3-1-2(7(12)13)6(11)5(10)4(3)8(14)15/h1H,11H2,(H,12,13)(H,14,15). The Labute approximate surface area is 112 Å². The largest absolute Gasteiger partial charge is 0.478 e. The van der Waals surface area contributed by atoms with E-state index in [0.717, 1.165) is 0 Å². The SMILES string of the molecule is Nc1c(C(=O)O)cc(I)c(C(=O)O)c1I. The normalized spacial score (nSPS) is 10.0. The number of nitrogen functional groups attached to an aromatic ring is 1. The Morgan fingerprint density at radius 2 is 1.73 bits per heavy atom. The van der Waals surface area contributed by atoms with Gasteiger partial charge < -0.3 is 15.9 Å². The molecule has 0 fully saturated rings. The number of hydrogen-bond donors (Lipinski definition) is 3. The lowest BCUT2D eigenvalue weighted by Crippen LogP contribution is -2.11. The van der Waals surface area contributed by atoms with Crippen molar-refractivity contribution in [3.63, 3.8) is 0 Å². The minimum atomic E-state index is -1.17. The molecule has 0 unspecified atom stereocenters. The van der Waals surface area contributed by atoms with E-state index in [0.29, 0.717) is 3.57 Å². The number of carboxylic acid groups (broad SMARTS) is 2. The smallest absolute Gasteiger partial charge is 0.337 e. The van der Waals surface area contributed by atoms with Crippen molar-refractivity contribution >= 4 is 62.8 Å². The highest BCUT2D eigenvalue weighted by Gasteiger charge is 2.20. The van der Waals surface area contributed by atoms with E-state index in [1.165, 1.54) is 6.07 Å². The van der Waals surface area contributed by atoms with E-state index in [-0.39, 0.29) is 20.4 Å². The number of hydrogen-bond acceptors (Lipinski definition) is 3. The first-order valence-corrected chi connectivity index (χ1v) is 5.76. The number of rotatable bonds is 2. The quantitative estimate of drug-likeness (QED) is 0.489. The monoisotopic (exact) mass is 433 g/mol. The van der Waals surface area contributed by atoms with Crippen molar-refractivity contribution < 1.29 is 19.8 Å². The van der Waals surface area contributed by atoms with E-state index in [4.69, 9.17) is 15.9 Å². The van der Waals surface area contributed by atoms with E-state index in [1.807, 2.05) is 0 Å². The van der Waals surface area contributed by atoms with E-state index in [9.17, 15) is 9.59 Å². The molecule has 0 radical (unpaired) electrons. The van der Waals surface area contributed by atoms with Crippen LogP contribution in [0.1, 0.15) is 20.7 Å². The van der Waals surface area contributed by atoms with Gasteiger partial charge in [-0.25, -0.2) is 9.59 Å². The summed E-state index contributed by atoms with van der Waals surface area (Å²) in [6.07, 6.45) is 0. The average Bonchev–Trinajstić information content (AvgIpc) is 2.10. The van der Waals surface area contributed by atoms with Crippen molar-refractivity contribution in [1.82, 2.24) is 0 Å². The van der Waals surface area contributed by atoms with Crippen LogP contribution in [-0.2, 0) is 0 Å². The molecule has 0 aliphatic heterocycles. The number of halogens is 2. The van der Waals surface area contributed by atoms with Gasteiger partial charge in [0.2, 0.25) is 0 Å². The van der Waals surface area contributed by atoms with Crippen molar-refractivity contribution in [1.29, 1.82) is 0 Å². The molecule has 0 saturated carbocycles. The zero-order chi connectivity index (χ0) is 11.7. The van der Waals surface area contributed by atoms with Crippen LogP contribution in [0.2, 0.25) is 0 Å². The van der Waals surface area contributed by atoms with Gasteiger partial charge in [0.1, 0.15) is 0 Å². The summed E-state index contributed by atoms with van der Waals surface area (Å²) in [6.45, 7) is 0. The van der Waals surface area contributed by atoms with Crippen LogP contribution in [0, 0.1) is 7.14 Å². The minimum Gasteiger partial charge on any atom is -0.478 e. The van der Waals surface area contributed by atoms with Crippen molar-refractivity contribution in [2.75, 3.05) is 5.73 Å². The highest BCUT2D eigenvalue weighted by Crippen LogP contribution is 2.28. The summed E-state index contributed by atoms with van der Waals surface area (Å²) in [4.78, 5) is 21.6. The van der Waals surface area contributed by atoms with Gasteiger partial charge in [-0.05, 0) is 51.2 Å². The van der Waals surface area contributed by atoms with Crippen LogP contribution < -0.4 is 5.73 Å². The molecule has 0 heterocycles. The Hall–Kier alpha value is -0.580. The van der Waals surface area contributed by atoms with Gasteiger partial charge in [0.15, 0.2) is 0 Å². The number of nitrogens with two attached hydrogens (primary N) is 1. The van der Waals surface area contributed by atoms with Crippen molar-refractivity contribution in [3.8, 4) is 0 Å². The predicted octanol–water partition coefficient (Wildman–Crippen LogP) is 1.87. The zero-order valence-corrected chi connectivity index (χ0v) is 11.4. The molecule has 0 bridgehead atoms. The summed E-state index contributed by atoms with van der Waals surface area (Å²) in [5.74, 6) is -2.28. The Kier molecular flexibility index (Phi) is 3.76. The molecule has 4 N–H and O–H groups in total. The third-order valence-corrected chi connectivity index (χ3v) is 3.67. The van der Waals surface area contributed by atoms with Crippen molar-refractivity contribution in [3.05, 3.63) is 24.3 Å². The Morgan fingerprint density at radius 3 is 2.13 bits per heavy atom. The molecule has 0 saturated heterocycles. The summed E-state index contributed by atoms with van der Waals surface area (Å²) < 4.78 is 0.612. The lowest BCUT2D eigenvalue weighted by Gasteiger charge is -2.08. The predicted molar refractivity (Wildman–Crippen MR) is 70.2 cm³/mol. The number of anilines is 1. The fourth-order valence-corrected chi connectivity index (χ4v) is 3.15. The molecule has 1 aromatic rings. The third-order valence-electron chi connectivity index (χ3n) is 1.70. The summed E-state index contributed by atoms with van der Waals surface area (Å²) in [5, 5.41) is 17.7. The van der Waals surface area contributed by atoms with Gasteiger partial charge in [0, 0.05) is 3.57 Å². The minimum absolute atomic E-state index is 0.0130. The molecule has 5 nitrogen and oxygen atoms in total. The zero-order valence-electron chi connectivity index (χ0n) is 7.12. The van der Waals surface area contributed by atoms with Gasteiger partial charge in [-0.1, -0.05) is 0 Å². The molecular weight excluding hydrogens is 428 g/mol. The van der Waals surface area contributed by atoms with E-state index in [2.05, 4.69) is 0 Å². The maximum Gasteiger partial charge on any atom is 0.337 e. The maximum absolute atomic E-state index is 10.9. The lowest BCUT2D eigenvalue weighted by molar-refractivity contribution is 0.0680. The summed E-state index contributed by atoms with van der Waals surface area (Å²) in [5.41, 5.74) is 5.49.